The highest BCUT2D eigenvalue weighted by Gasteiger charge is 2.19. The molecule has 1 rings (SSSR count). The van der Waals surface area contributed by atoms with Crippen molar-refractivity contribution in [3.63, 3.8) is 0 Å². The van der Waals surface area contributed by atoms with Crippen LogP contribution in [-0.4, -0.2) is 13.1 Å². The molecule has 0 aromatic carbocycles. The Hall–Kier alpha value is -0.300. The molecule has 1 fully saturated rings. The summed E-state index contributed by atoms with van der Waals surface area (Å²) >= 11 is 0. The van der Waals surface area contributed by atoms with E-state index in [1.165, 1.54) is 37.8 Å². The maximum Gasteiger partial charge on any atom is 0.0137 e. The molecule has 0 aliphatic heterocycles. The summed E-state index contributed by atoms with van der Waals surface area (Å²) < 4.78 is 0. The molecule has 1 aliphatic carbocycles. The van der Waals surface area contributed by atoms with E-state index in [1.54, 1.807) is 0 Å². The first kappa shape index (κ1) is 9.79. The molecule has 12 heavy (non-hydrogen) atoms. The first-order valence-electron chi connectivity index (χ1n) is 5.13. The Morgan fingerprint density at radius 3 is 2.75 bits per heavy atom. The summed E-state index contributed by atoms with van der Waals surface area (Å²) in [4.78, 5) is 0. The summed E-state index contributed by atoms with van der Waals surface area (Å²) in [6, 6.07) is 0. The van der Waals surface area contributed by atoms with Crippen LogP contribution in [-0.2, 0) is 0 Å². The maximum absolute atomic E-state index is 3.42. The van der Waals surface area contributed by atoms with E-state index in [0.29, 0.717) is 0 Å². The zero-order chi connectivity index (χ0) is 8.81. The predicted molar refractivity (Wildman–Crippen MR) is 54.3 cm³/mol. The average Bonchev–Trinajstić information content (AvgIpc) is 2.79. The van der Waals surface area contributed by atoms with Gasteiger partial charge in [-0.1, -0.05) is 24.5 Å². The third-order valence-electron chi connectivity index (χ3n) is 2.32. The Kier molecular flexibility index (Phi) is 4.37. The van der Waals surface area contributed by atoms with Crippen molar-refractivity contribution in [1.29, 1.82) is 0 Å². The van der Waals surface area contributed by atoms with Gasteiger partial charge in [0.15, 0.2) is 0 Å². The van der Waals surface area contributed by atoms with Gasteiger partial charge in [0.05, 0.1) is 0 Å². The van der Waals surface area contributed by atoms with Crippen LogP contribution in [0.25, 0.3) is 0 Å². The molecule has 0 spiro atoms. The van der Waals surface area contributed by atoms with Gasteiger partial charge < -0.3 is 5.32 Å². The van der Waals surface area contributed by atoms with Crippen molar-refractivity contribution >= 4 is 0 Å². The quantitative estimate of drug-likeness (QED) is 0.474. The summed E-state index contributed by atoms with van der Waals surface area (Å²) in [7, 11) is 0. The Morgan fingerprint density at radius 2 is 2.17 bits per heavy atom. The van der Waals surface area contributed by atoms with Gasteiger partial charge in [-0.15, -0.1) is 0 Å². The van der Waals surface area contributed by atoms with Gasteiger partial charge >= 0.3 is 0 Å². The summed E-state index contributed by atoms with van der Waals surface area (Å²) in [6.07, 6.45) is 8.04. The zero-order valence-electron chi connectivity index (χ0n) is 8.40. The molecule has 1 saturated carbocycles. The second kappa shape index (κ2) is 5.36. The molecular weight excluding hydrogens is 146 g/mol. The van der Waals surface area contributed by atoms with Crippen LogP contribution in [0.15, 0.2) is 11.6 Å². The van der Waals surface area contributed by atoms with Crippen LogP contribution >= 0.6 is 0 Å². The first-order valence-corrected chi connectivity index (χ1v) is 5.13. The molecule has 1 N–H and O–H groups in total. The number of hydrogen-bond acceptors (Lipinski definition) is 1. The fraction of sp³-hybridized carbons (Fsp3) is 0.818. The van der Waals surface area contributed by atoms with Gasteiger partial charge in [0.2, 0.25) is 0 Å². The molecule has 0 aromatic rings. The van der Waals surface area contributed by atoms with Crippen LogP contribution in [0.5, 0.6) is 0 Å². The third kappa shape index (κ3) is 5.36. The highest BCUT2D eigenvalue weighted by molar-refractivity contribution is 4.94. The van der Waals surface area contributed by atoms with E-state index in [0.717, 1.165) is 12.5 Å². The van der Waals surface area contributed by atoms with Crippen LogP contribution in [0.1, 0.15) is 39.5 Å². The lowest BCUT2D eigenvalue weighted by atomic mass is 10.2. The maximum atomic E-state index is 3.42. The Labute approximate surface area is 76.2 Å². The second-order valence-electron chi connectivity index (χ2n) is 4.07. The number of rotatable bonds is 6. The lowest BCUT2D eigenvalue weighted by molar-refractivity contribution is 0.616. The molecule has 1 aliphatic rings. The molecule has 1 nitrogen and oxygen atoms in total. The molecule has 0 aromatic heterocycles. The highest BCUT2D eigenvalue weighted by atomic mass is 14.8. The van der Waals surface area contributed by atoms with Gasteiger partial charge in [-0.2, -0.15) is 0 Å². The van der Waals surface area contributed by atoms with Gasteiger partial charge in [0.25, 0.3) is 0 Å². The zero-order valence-corrected chi connectivity index (χ0v) is 8.40. The predicted octanol–water partition coefficient (Wildman–Crippen LogP) is 2.73. The molecule has 0 unspecified atom stereocenters. The molecule has 0 radical (unpaired) electrons. The van der Waals surface area contributed by atoms with Crippen LogP contribution in [0.3, 0.4) is 0 Å². The lowest BCUT2D eigenvalue weighted by Gasteiger charge is -2.00. The molecule has 1 heteroatoms. The Morgan fingerprint density at radius 1 is 1.42 bits per heavy atom. The van der Waals surface area contributed by atoms with Gasteiger partial charge in [-0.25, -0.2) is 0 Å². The van der Waals surface area contributed by atoms with Gasteiger partial charge in [-0.05, 0) is 39.2 Å². The molecule has 0 amide bonds. The molecule has 0 saturated heterocycles. The summed E-state index contributed by atoms with van der Waals surface area (Å²) in [6.45, 7) is 6.53. The summed E-state index contributed by atoms with van der Waals surface area (Å²) in [5.74, 6) is 1.09. The van der Waals surface area contributed by atoms with E-state index in [1.807, 2.05) is 0 Å². The summed E-state index contributed by atoms with van der Waals surface area (Å²) in [5, 5.41) is 3.42. The molecule has 0 bridgehead atoms. The second-order valence-corrected chi connectivity index (χ2v) is 4.07. The summed E-state index contributed by atoms with van der Waals surface area (Å²) in [5.41, 5.74) is 1.41. The number of hydrogen-bond donors (Lipinski definition) is 1. The van der Waals surface area contributed by atoms with E-state index in [2.05, 4.69) is 25.2 Å². The van der Waals surface area contributed by atoms with Crippen molar-refractivity contribution in [3.8, 4) is 0 Å². The van der Waals surface area contributed by atoms with Crippen molar-refractivity contribution in [2.24, 2.45) is 5.92 Å². The molecule has 0 heterocycles. The van der Waals surface area contributed by atoms with E-state index < -0.39 is 0 Å². The fourth-order valence-electron chi connectivity index (χ4n) is 1.30. The van der Waals surface area contributed by atoms with E-state index in [-0.39, 0.29) is 0 Å². The van der Waals surface area contributed by atoms with Crippen molar-refractivity contribution in [1.82, 2.24) is 5.32 Å². The van der Waals surface area contributed by atoms with Gasteiger partial charge in [-0.3, -0.25) is 0 Å². The van der Waals surface area contributed by atoms with Crippen LogP contribution in [0.4, 0.5) is 0 Å². The largest absolute Gasteiger partial charge is 0.313 e. The minimum atomic E-state index is 1.05. The lowest BCUT2D eigenvalue weighted by Crippen LogP contribution is -2.15. The smallest absolute Gasteiger partial charge is 0.0137 e. The SMILES string of the molecule is CC(C)=CCNCCCC1CC1. The molecule has 0 atom stereocenters. The van der Waals surface area contributed by atoms with E-state index in [4.69, 9.17) is 0 Å². The minimum absolute atomic E-state index is 1.05. The van der Waals surface area contributed by atoms with Gasteiger partial charge in [0, 0.05) is 6.54 Å². The minimum Gasteiger partial charge on any atom is -0.313 e. The highest BCUT2D eigenvalue weighted by Crippen LogP contribution is 2.33. The first-order chi connectivity index (χ1) is 5.79. The number of nitrogens with one attached hydrogen (secondary N) is 1. The fourth-order valence-corrected chi connectivity index (χ4v) is 1.30. The van der Waals surface area contributed by atoms with Gasteiger partial charge in [0.1, 0.15) is 0 Å². The van der Waals surface area contributed by atoms with Crippen molar-refractivity contribution < 1.29 is 0 Å². The van der Waals surface area contributed by atoms with E-state index >= 15 is 0 Å². The van der Waals surface area contributed by atoms with Crippen molar-refractivity contribution in [2.45, 2.75) is 39.5 Å². The Bertz CT molecular complexity index is 141. The number of allylic oxidation sites excluding steroid dienone is 1. The van der Waals surface area contributed by atoms with Crippen molar-refractivity contribution in [3.05, 3.63) is 11.6 Å². The van der Waals surface area contributed by atoms with Crippen LogP contribution < -0.4 is 5.32 Å². The third-order valence-corrected chi connectivity index (χ3v) is 2.32. The van der Waals surface area contributed by atoms with Crippen molar-refractivity contribution in [2.75, 3.05) is 13.1 Å². The molecule has 70 valence electrons. The standard InChI is InChI=1S/C11H21N/c1-10(2)7-9-12-8-3-4-11-5-6-11/h7,11-12H,3-6,8-9H2,1-2H3. The monoisotopic (exact) mass is 167 g/mol. The normalized spacial score (nSPS) is 16.2. The van der Waals surface area contributed by atoms with Crippen LogP contribution in [0, 0.1) is 5.92 Å². The van der Waals surface area contributed by atoms with E-state index in [9.17, 15) is 0 Å². The average molecular weight is 167 g/mol. The topological polar surface area (TPSA) is 12.0 Å². The Balaban J connectivity index is 1.78. The van der Waals surface area contributed by atoms with Crippen LogP contribution in [0.2, 0.25) is 0 Å². The molecular formula is C11H21N.